The minimum atomic E-state index is -1.11. The molecule has 0 atom stereocenters. The Morgan fingerprint density at radius 2 is 1.69 bits per heavy atom. The molecule has 7 heteroatoms. The number of hydrogen-bond acceptors (Lipinski definition) is 5. The summed E-state index contributed by atoms with van der Waals surface area (Å²) in [4.78, 5) is 19.3. The van der Waals surface area contributed by atoms with Crippen LogP contribution in [0.3, 0.4) is 0 Å². The Bertz CT molecular complexity index is 1110. The Hall–Kier alpha value is -4.00. The monoisotopic (exact) mass is 386 g/mol. The van der Waals surface area contributed by atoms with Crippen molar-refractivity contribution in [3.8, 4) is 17.1 Å². The highest BCUT2D eigenvalue weighted by atomic mass is 16.5. The smallest absolute Gasteiger partial charge is 0.358 e. The van der Waals surface area contributed by atoms with Crippen LogP contribution in [-0.4, -0.2) is 30.8 Å². The number of pyridine rings is 2. The van der Waals surface area contributed by atoms with Gasteiger partial charge >= 0.3 is 5.97 Å². The first-order valence-corrected chi connectivity index (χ1v) is 9.03. The summed E-state index contributed by atoms with van der Waals surface area (Å²) in [5, 5.41) is 13.7. The van der Waals surface area contributed by atoms with Gasteiger partial charge in [0.15, 0.2) is 11.4 Å². The van der Waals surface area contributed by atoms with Crippen molar-refractivity contribution in [1.29, 1.82) is 0 Å². The number of rotatable bonds is 7. The average molecular weight is 386 g/mol. The minimum absolute atomic E-state index is 0.0912. The van der Waals surface area contributed by atoms with Gasteiger partial charge in [0.2, 0.25) is 0 Å². The third-order valence-corrected chi connectivity index (χ3v) is 4.30. The number of hydrogen-bond donors (Lipinski definition) is 1. The highest BCUT2D eigenvalue weighted by Crippen LogP contribution is 2.18. The maximum Gasteiger partial charge on any atom is 0.358 e. The summed E-state index contributed by atoms with van der Waals surface area (Å²) in [5.74, 6) is -0.858. The molecular formula is C22H18N4O3. The second-order valence-electron chi connectivity index (χ2n) is 6.37. The molecule has 0 spiro atoms. The summed E-state index contributed by atoms with van der Waals surface area (Å²) in [6.45, 7) is 0.900. The fourth-order valence-electron chi connectivity index (χ4n) is 2.86. The van der Waals surface area contributed by atoms with Crippen LogP contribution in [0.5, 0.6) is 5.75 Å². The molecule has 1 N–H and O–H groups in total. The molecule has 3 aromatic heterocycles. The first kappa shape index (κ1) is 18.4. The van der Waals surface area contributed by atoms with Crippen LogP contribution in [0.15, 0.2) is 79.3 Å². The molecule has 0 unspecified atom stereocenters. The first-order chi connectivity index (χ1) is 14.2. The third kappa shape index (κ3) is 4.47. The lowest BCUT2D eigenvalue weighted by Crippen LogP contribution is -2.05. The van der Waals surface area contributed by atoms with Crippen LogP contribution in [0, 0.1) is 0 Å². The molecule has 4 aromatic rings. The van der Waals surface area contributed by atoms with E-state index in [4.69, 9.17) is 9.84 Å². The van der Waals surface area contributed by atoms with E-state index in [0.29, 0.717) is 6.54 Å². The van der Waals surface area contributed by atoms with Crippen molar-refractivity contribution < 1.29 is 14.6 Å². The predicted molar refractivity (Wildman–Crippen MR) is 107 cm³/mol. The van der Waals surface area contributed by atoms with E-state index in [1.54, 1.807) is 18.3 Å². The van der Waals surface area contributed by atoms with E-state index >= 15 is 0 Å². The summed E-state index contributed by atoms with van der Waals surface area (Å²) in [5.41, 5.74) is 3.61. The summed E-state index contributed by atoms with van der Waals surface area (Å²) in [6, 6.07) is 18.8. The molecule has 0 bridgehead atoms. The quantitative estimate of drug-likeness (QED) is 0.521. The lowest BCUT2D eigenvalue weighted by Gasteiger charge is -2.09. The second-order valence-corrected chi connectivity index (χ2v) is 6.37. The van der Waals surface area contributed by atoms with E-state index < -0.39 is 5.97 Å². The van der Waals surface area contributed by atoms with Crippen LogP contribution in [0.4, 0.5) is 0 Å². The van der Waals surface area contributed by atoms with Gasteiger partial charge in [0, 0.05) is 18.6 Å². The third-order valence-electron chi connectivity index (χ3n) is 4.30. The molecule has 0 radical (unpaired) electrons. The number of carbonyl (C=O) groups is 1. The van der Waals surface area contributed by atoms with Crippen molar-refractivity contribution in [2.24, 2.45) is 0 Å². The standard InChI is InChI=1S/C22H18N4O3/c27-22(28)21-20(5-3-12-24-21)29-15-17-8-6-16(7-9-17)14-26-13-10-19(25-26)18-4-1-2-11-23-18/h1-13H,14-15H2,(H,27,28). The van der Waals surface area contributed by atoms with Crippen molar-refractivity contribution in [2.45, 2.75) is 13.2 Å². The molecule has 0 aliphatic heterocycles. The Morgan fingerprint density at radius 3 is 2.45 bits per heavy atom. The van der Waals surface area contributed by atoms with Crippen molar-refractivity contribution in [3.63, 3.8) is 0 Å². The fraction of sp³-hybridized carbons (Fsp3) is 0.0909. The molecule has 0 amide bonds. The maximum absolute atomic E-state index is 11.2. The van der Waals surface area contributed by atoms with Crippen LogP contribution >= 0.6 is 0 Å². The molecular weight excluding hydrogens is 368 g/mol. The molecule has 1 aromatic carbocycles. The minimum Gasteiger partial charge on any atom is -0.486 e. The average Bonchev–Trinajstić information content (AvgIpc) is 3.22. The van der Waals surface area contributed by atoms with Gasteiger partial charge in [-0.15, -0.1) is 0 Å². The van der Waals surface area contributed by atoms with Gasteiger partial charge in [0.1, 0.15) is 12.3 Å². The Kier molecular flexibility index (Phi) is 5.29. The number of benzene rings is 1. The second kappa shape index (κ2) is 8.35. The molecule has 144 valence electrons. The van der Waals surface area contributed by atoms with Gasteiger partial charge in [0.25, 0.3) is 0 Å². The van der Waals surface area contributed by atoms with Crippen molar-refractivity contribution in [3.05, 3.63) is 96.1 Å². The number of aromatic carboxylic acids is 1. The predicted octanol–water partition coefficient (Wildman–Crippen LogP) is 3.67. The fourth-order valence-corrected chi connectivity index (χ4v) is 2.86. The molecule has 4 rings (SSSR count). The van der Waals surface area contributed by atoms with Crippen molar-refractivity contribution in [1.82, 2.24) is 19.7 Å². The zero-order valence-electron chi connectivity index (χ0n) is 15.5. The summed E-state index contributed by atoms with van der Waals surface area (Å²) in [6.07, 6.45) is 5.11. The molecule has 0 saturated carbocycles. The van der Waals surface area contributed by atoms with Crippen LogP contribution in [0.25, 0.3) is 11.4 Å². The first-order valence-electron chi connectivity index (χ1n) is 9.03. The zero-order chi connectivity index (χ0) is 20.1. The van der Waals surface area contributed by atoms with E-state index in [-0.39, 0.29) is 18.1 Å². The number of aromatic nitrogens is 4. The molecule has 7 nitrogen and oxygen atoms in total. The van der Waals surface area contributed by atoms with Gasteiger partial charge in [-0.1, -0.05) is 30.3 Å². The van der Waals surface area contributed by atoms with Crippen LogP contribution < -0.4 is 4.74 Å². The molecule has 0 aliphatic carbocycles. The SMILES string of the molecule is O=C(O)c1ncccc1OCc1ccc(Cn2ccc(-c3ccccn3)n2)cc1. The van der Waals surface area contributed by atoms with E-state index in [0.717, 1.165) is 22.5 Å². The van der Waals surface area contributed by atoms with Crippen molar-refractivity contribution in [2.75, 3.05) is 0 Å². The van der Waals surface area contributed by atoms with E-state index in [9.17, 15) is 4.79 Å². The van der Waals surface area contributed by atoms with Crippen LogP contribution in [-0.2, 0) is 13.2 Å². The molecule has 3 heterocycles. The molecule has 29 heavy (non-hydrogen) atoms. The Morgan fingerprint density at radius 1 is 0.897 bits per heavy atom. The molecule has 0 fully saturated rings. The van der Waals surface area contributed by atoms with Gasteiger partial charge in [-0.05, 0) is 41.5 Å². The number of carboxylic acids is 1. The highest BCUT2D eigenvalue weighted by molar-refractivity contribution is 5.88. The Labute approximate surface area is 167 Å². The summed E-state index contributed by atoms with van der Waals surface area (Å²) < 4.78 is 7.49. The van der Waals surface area contributed by atoms with E-state index in [1.807, 2.05) is 59.4 Å². The van der Waals surface area contributed by atoms with Gasteiger partial charge < -0.3 is 9.84 Å². The number of nitrogens with zero attached hydrogens (tertiary/aromatic N) is 4. The van der Waals surface area contributed by atoms with E-state index in [1.165, 1.54) is 6.20 Å². The lowest BCUT2D eigenvalue weighted by molar-refractivity contribution is 0.0685. The van der Waals surface area contributed by atoms with Crippen molar-refractivity contribution >= 4 is 5.97 Å². The maximum atomic E-state index is 11.2. The lowest BCUT2D eigenvalue weighted by atomic mass is 10.1. The number of ether oxygens (including phenoxy) is 1. The zero-order valence-corrected chi connectivity index (χ0v) is 15.5. The highest BCUT2D eigenvalue weighted by Gasteiger charge is 2.12. The van der Waals surface area contributed by atoms with Gasteiger partial charge in [-0.2, -0.15) is 5.10 Å². The van der Waals surface area contributed by atoms with Crippen LogP contribution in [0.2, 0.25) is 0 Å². The topological polar surface area (TPSA) is 90.1 Å². The number of carboxylic acid groups (broad SMARTS) is 1. The molecule has 0 saturated heterocycles. The Balaban J connectivity index is 1.39. The summed E-state index contributed by atoms with van der Waals surface area (Å²) in [7, 11) is 0. The van der Waals surface area contributed by atoms with Crippen LogP contribution in [0.1, 0.15) is 21.6 Å². The van der Waals surface area contributed by atoms with Gasteiger partial charge in [-0.25, -0.2) is 9.78 Å². The largest absolute Gasteiger partial charge is 0.486 e. The normalized spacial score (nSPS) is 10.6. The van der Waals surface area contributed by atoms with E-state index in [2.05, 4.69) is 15.1 Å². The van der Waals surface area contributed by atoms with Gasteiger partial charge in [0.05, 0.1) is 12.2 Å². The summed E-state index contributed by atoms with van der Waals surface area (Å²) >= 11 is 0. The van der Waals surface area contributed by atoms with Gasteiger partial charge in [-0.3, -0.25) is 9.67 Å². The molecule has 0 aliphatic rings.